The van der Waals surface area contributed by atoms with Crippen molar-refractivity contribution in [1.82, 2.24) is 0 Å². The van der Waals surface area contributed by atoms with Crippen LogP contribution in [0, 0.1) is 10.1 Å². The molecule has 0 aliphatic carbocycles. The second-order valence-corrected chi connectivity index (χ2v) is 6.61. The van der Waals surface area contributed by atoms with Gasteiger partial charge in [0.2, 0.25) is 0 Å². The van der Waals surface area contributed by atoms with Crippen LogP contribution in [-0.4, -0.2) is 50.2 Å². The second-order valence-electron chi connectivity index (χ2n) is 6.20. The zero-order valence-corrected chi connectivity index (χ0v) is 16.3. The van der Waals surface area contributed by atoms with Crippen LogP contribution >= 0.6 is 11.6 Å². The summed E-state index contributed by atoms with van der Waals surface area (Å²) >= 11 is 6.00. The summed E-state index contributed by atoms with van der Waals surface area (Å²) in [6.07, 6.45) is 0. The summed E-state index contributed by atoms with van der Waals surface area (Å²) in [7, 11) is 1.22. The first kappa shape index (κ1) is 20.6. The van der Waals surface area contributed by atoms with Crippen LogP contribution < -0.4 is 10.2 Å². The minimum atomic E-state index is -0.643. The lowest BCUT2D eigenvalue weighted by molar-refractivity contribution is -0.384. The van der Waals surface area contributed by atoms with Crippen LogP contribution in [0.15, 0.2) is 36.4 Å². The molecule has 0 bridgehead atoms. The number of non-ortho nitro benzene ring substituents is 1. The van der Waals surface area contributed by atoms with Crippen molar-refractivity contribution < 1.29 is 24.0 Å². The standard InChI is InChI=1S/C19H18ClN3O6/c1-28-19(25)14-10-12(2-4-16(14)20)21-18(24)15-11-13(23(26)27)3-5-17(15)22-6-8-29-9-7-22/h2-5,10-11H,6-9H2,1H3,(H,21,24). The van der Waals surface area contributed by atoms with E-state index in [-0.39, 0.29) is 21.8 Å². The molecule has 29 heavy (non-hydrogen) atoms. The van der Waals surface area contributed by atoms with E-state index >= 15 is 0 Å². The van der Waals surface area contributed by atoms with Gasteiger partial charge in [-0.1, -0.05) is 11.6 Å². The lowest BCUT2D eigenvalue weighted by Gasteiger charge is -2.30. The molecular weight excluding hydrogens is 402 g/mol. The topological polar surface area (TPSA) is 111 Å². The van der Waals surface area contributed by atoms with E-state index in [1.165, 1.54) is 37.4 Å². The number of carbonyl (C=O) groups excluding carboxylic acids is 2. The lowest BCUT2D eigenvalue weighted by Crippen LogP contribution is -2.37. The number of nitrogens with zero attached hydrogens (tertiary/aromatic N) is 2. The molecule has 0 unspecified atom stereocenters. The number of benzene rings is 2. The Balaban J connectivity index is 1.94. The molecule has 0 aromatic heterocycles. The molecule has 0 saturated carbocycles. The van der Waals surface area contributed by atoms with Crippen LogP contribution in [0.4, 0.5) is 17.1 Å². The fraction of sp³-hybridized carbons (Fsp3) is 0.263. The number of methoxy groups -OCH3 is 1. The van der Waals surface area contributed by atoms with Crippen LogP contribution in [0.25, 0.3) is 0 Å². The van der Waals surface area contributed by atoms with Gasteiger partial charge in [0.25, 0.3) is 11.6 Å². The first-order valence-corrected chi connectivity index (χ1v) is 9.09. The van der Waals surface area contributed by atoms with E-state index in [0.29, 0.717) is 37.7 Å². The van der Waals surface area contributed by atoms with Gasteiger partial charge >= 0.3 is 5.97 Å². The fourth-order valence-electron chi connectivity index (χ4n) is 2.97. The third-order valence-electron chi connectivity index (χ3n) is 4.42. The molecule has 3 rings (SSSR count). The van der Waals surface area contributed by atoms with Crippen molar-refractivity contribution in [1.29, 1.82) is 0 Å². The summed E-state index contributed by atoms with van der Waals surface area (Å²) in [5, 5.41) is 14.0. The Hall–Kier alpha value is -3.17. The van der Waals surface area contributed by atoms with Crippen molar-refractivity contribution in [2.75, 3.05) is 43.6 Å². The van der Waals surface area contributed by atoms with Crippen LogP contribution in [0.5, 0.6) is 0 Å². The highest BCUT2D eigenvalue weighted by Crippen LogP contribution is 2.28. The number of halogens is 1. The van der Waals surface area contributed by atoms with E-state index in [4.69, 9.17) is 16.3 Å². The van der Waals surface area contributed by atoms with Gasteiger partial charge in [-0.05, 0) is 24.3 Å². The third kappa shape index (κ3) is 4.64. The number of nitro benzene ring substituents is 1. The van der Waals surface area contributed by atoms with Crippen molar-refractivity contribution in [3.05, 3.63) is 62.7 Å². The molecule has 1 heterocycles. The Bertz CT molecular complexity index is 959. The van der Waals surface area contributed by atoms with E-state index in [0.717, 1.165) is 0 Å². The second kappa shape index (κ2) is 8.89. The van der Waals surface area contributed by atoms with Crippen LogP contribution in [0.1, 0.15) is 20.7 Å². The SMILES string of the molecule is COC(=O)c1cc(NC(=O)c2cc([N+](=O)[O-])ccc2N2CCOCC2)ccc1Cl. The molecule has 2 aromatic rings. The van der Waals surface area contributed by atoms with Crippen molar-refractivity contribution in [2.45, 2.75) is 0 Å². The van der Waals surface area contributed by atoms with Crippen LogP contribution in [-0.2, 0) is 9.47 Å². The molecule has 1 amide bonds. The van der Waals surface area contributed by atoms with Crippen LogP contribution in [0.3, 0.4) is 0 Å². The maximum Gasteiger partial charge on any atom is 0.339 e. The first-order chi connectivity index (χ1) is 13.9. The van der Waals surface area contributed by atoms with Gasteiger partial charge in [0.05, 0.1) is 47.1 Å². The number of morpholine rings is 1. The number of ether oxygens (including phenoxy) is 2. The fourth-order valence-corrected chi connectivity index (χ4v) is 3.16. The van der Waals surface area contributed by atoms with Crippen molar-refractivity contribution in [3.63, 3.8) is 0 Å². The minimum Gasteiger partial charge on any atom is -0.465 e. The molecule has 2 aromatic carbocycles. The largest absolute Gasteiger partial charge is 0.465 e. The van der Waals surface area contributed by atoms with Crippen molar-refractivity contribution in [3.8, 4) is 0 Å². The highest BCUT2D eigenvalue weighted by atomic mass is 35.5. The average Bonchev–Trinajstić information content (AvgIpc) is 2.74. The first-order valence-electron chi connectivity index (χ1n) is 8.71. The number of nitro groups is 1. The smallest absolute Gasteiger partial charge is 0.339 e. The summed E-state index contributed by atoms with van der Waals surface area (Å²) in [5.74, 6) is -1.19. The van der Waals surface area contributed by atoms with Gasteiger partial charge in [0.15, 0.2) is 0 Å². The Morgan fingerprint density at radius 1 is 1.17 bits per heavy atom. The maximum absolute atomic E-state index is 12.9. The van der Waals surface area contributed by atoms with E-state index in [2.05, 4.69) is 10.1 Å². The number of rotatable bonds is 5. The number of anilines is 2. The lowest BCUT2D eigenvalue weighted by atomic mass is 10.1. The number of carbonyl (C=O) groups is 2. The van der Waals surface area contributed by atoms with Gasteiger partial charge in [-0.2, -0.15) is 0 Å². The minimum absolute atomic E-state index is 0.0967. The van der Waals surface area contributed by atoms with Gasteiger partial charge in [0, 0.05) is 30.9 Å². The van der Waals surface area contributed by atoms with Gasteiger partial charge in [-0.3, -0.25) is 14.9 Å². The number of nitrogens with one attached hydrogen (secondary N) is 1. The third-order valence-corrected chi connectivity index (χ3v) is 4.75. The number of esters is 1. The molecule has 9 nitrogen and oxygen atoms in total. The molecule has 1 N–H and O–H groups in total. The summed E-state index contributed by atoms with van der Waals surface area (Å²) in [6.45, 7) is 2.12. The van der Waals surface area contributed by atoms with E-state index in [1.807, 2.05) is 4.90 Å². The summed E-state index contributed by atoms with van der Waals surface area (Å²) in [6, 6.07) is 8.52. The number of amides is 1. The Kier molecular flexibility index (Phi) is 6.30. The average molecular weight is 420 g/mol. The molecule has 1 aliphatic rings. The maximum atomic E-state index is 12.9. The molecule has 1 saturated heterocycles. The molecule has 1 fully saturated rings. The molecule has 1 aliphatic heterocycles. The Labute approximate surface area is 171 Å². The zero-order chi connectivity index (χ0) is 21.0. The van der Waals surface area contributed by atoms with Crippen LogP contribution in [0.2, 0.25) is 5.02 Å². The van der Waals surface area contributed by atoms with Crippen molar-refractivity contribution in [2.24, 2.45) is 0 Å². The number of hydrogen-bond acceptors (Lipinski definition) is 7. The molecule has 0 atom stereocenters. The highest BCUT2D eigenvalue weighted by molar-refractivity contribution is 6.33. The van der Waals surface area contributed by atoms with E-state index < -0.39 is 16.8 Å². The van der Waals surface area contributed by atoms with E-state index in [1.54, 1.807) is 6.07 Å². The summed E-state index contributed by atoms with van der Waals surface area (Å²) in [5.41, 5.74) is 0.923. The molecule has 10 heteroatoms. The Morgan fingerprint density at radius 2 is 1.90 bits per heavy atom. The predicted octanol–water partition coefficient (Wildman–Crippen LogP) is 3.12. The molecule has 152 valence electrons. The normalized spacial score (nSPS) is 13.7. The number of hydrogen-bond donors (Lipinski definition) is 1. The van der Waals surface area contributed by atoms with Gasteiger partial charge in [-0.25, -0.2) is 4.79 Å². The quantitative estimate of drug-likeness (QED) is 0.450. The van der Waals surface area contributed by atoms with Gasteiger partial charge in [-0.15, -0.1) is 0 Å². The summed E-state index contributed by atoms with van der Waals surface area (Å²) < 4.78 is 10.0. The molecule has 0 radical (unpaired) electrons. The monoisotopic (exact) mass is 419 g/mol. The van der Waals surface area contributed by atoms with Crippen molar-refractivity contribution >= 4 is 40.5 Å². The predicted molar refractivity (Wildman–Crippen MR) is 107 cm³/mol. The molecule has 0 spiro atoms. The molecular formula is C19H18ClN3O6. The van der Waals surface area contributed by atoms with E-state index in [9.17, 15) is 19.7 Å². The zero-order valence-electron chi connectivity index (χ0n) is 15.5. The van der Waals surface area contributed by atoms with Gasteiger partial charge < -0.3 is 19.7 Å². The summed E-state index contributed by atoms with van der Waals surface area (Å²) in [4.78, 5) is 37.3. The Morgan fingerprint density at radius 3 is 2.55 bits per heavy atom. The highest BCUT2D eigenvalue weighted by Gasteiger charge is 2.22. The van der Waals surface area contributed by atoms with Gasteiger partial charge in [0.1, 0.15) is 0 Å².